The molecule has 33 heavy (non-hydrogen) atoms. The molecule has 0 spiro atoms. The Labute approximate surface area is 189 Å². The Bertz CT molecular complexity index is 1170. The molecule has 1 saturated heterocycles. The van der Waals surface area contributed by atoms with Gasteiger partial charge in [-0.15, -0.1) is 0 Å². The smallest absolute Gasteiger partial charge is 0.368 e. The summed E-state index contributed by atoms with van der Waals surface area (Å²) >= 11 is 0. The Morgan fingerprint density at radius 1 is 1.21 bits per heavy atom. The van der Waals surface area contributed by atoms with Gasteiger partial charge >= 0.3 is 6.18 Å². The van der Waals surface area contributed by atoms with Crippen molar-refractivity contribution in [1.82, 2.24) is 9.97 Å². The average Bonchev–Trinajstić information content (AvgIpc) is 2.71. The fourth-order valence-electron chi connectivity index (χ4n) is 3.82. The van der Waals surface area contributed by atoms with Crippen molar-refractivity contribution in [2.75, 3.05) is 35.7 Å². The number of carbonyl (C=O) groups excluding carboxylic acids is 1. The third-order valence-corrected chi connectivity index (χ3v) is 6.66. The van der Waals surface area contributed by atoms with Crippen LogP contribution >= 0.6 is 0 Å². The van der Waals surface area contributed by atoms with Crippen LogP contribution in [0.4, 0.5) is 29.2 Å². The highest BCUT2D eigenvalue weighted by atomic mass is 32.2. The summed E-state index contributed by atoms with van der Waals surface area (Å²) in [5.74, 6) is -1.80. The molecule has 0 saturated carbocycles. The summed E-state index contributed by atoms with van der Waals surface area (Å²) in [7, 11) is -3.77. The van der Waals surface area contributed by atoms with E-state index in [4.69, 9.17) is 0 Å². The molecule has 2 aromatic rings. The number of ketones is 1. The van der Waals surface area contributed by atoms with Crippen LogP contribution in [-0.2, 0) is 16.0 Å². The van der Waals surface area contributed by atoms with E-state index in [1.807, 2.05) is 18.7 Å². The van der Waals surface area contributed by atoms with Crippen molar-refractivity contribution >= 4 is 27.3 Å². The summed E-state index contributed by atoms with van der Waals surface area (Å²) in [5.41, 5.74) is -1.38. The van der Waals surface area contributed by atoms with E-state index in [2.05, 4.69) is 9.97 Å². The zero-order valence-corrected chi connectivity index (χ0v) is 19.3. The van der Waals surface area contributed by atoms with E-state index < -0.39 is 43.8 Å². The highest BCUT2D eigenvalue weighted by Crippen LogP contribution is 2.33. The minimum atomic E-state index is -4.82. The van der Waals surface area contributed by atoms with Crippen molar-refractivity contribution < 1.29 is 30.8 Å². The van der Waals surface area contributed by atoms with Crippen LogP contribution in [0.1, 0.15) is 36.8 Å². The number of benzene rings is 1. The maximum Gasteiger partial charge on any atom is 0.434 e. The molecular formula is C21H24F4N4O3S. The summed E-state index contributed by atoms with van der Waals surface area (Å²) in [5, 5.41) is 0. The Morgan fingerprint density at radius 3 is 2.42 bits per heavy atom. The van der Waals surface area contributed by atoms with Crippen LogP contribution in [0.5, 0.6) is 0 Å². The van der Waals surface area contributed by atoms with Gasteiger partial charge in [-0.1, -0.05) is 13.8 Å². The highest BCUT2D eigenvalue weighted by molar-refractivity contribution is 7.90. The number of sulfone groups is 1. The van der Waals surface area contributed by atoms with E-state index in [1.54, 1.807) is 4.90 Å². The molecule has 1 aliphatic rings. The molecule has 180 valence electrons. The second kappa shape index (κ2) is 8.88. The molecule has 1 aliphatic heterocycles. The lowest BCUT2D eigenvalue weighted by molar-refractivity contribution is -0.141. The van der Waals surface area contributed by atoms with Gasteiger partial charge in [-0.25, -0.2) is 22.8 Å². The summed E-state index contributed by atoms with van der Waals surface area (Å²) in [6.45, 7) is 5.69. The van der Waals surface area contributed by atoms with Crippen molar-refractivity contribution in [2.45, 2.75) is 37.9 Å². The fraction of sp³-hybridized carbons (Fsp3) is 0.476. The quantitative estimate of drug-likeness (QED) is 0.470. The number of aromatic nitrogens is 2. The van der Waals surface area contributed by atoms with Crippen LogP contribution in [-0.4, -0.2) is 56.1 Å². The number of hydrogen-bond donors (Lipinski definition) is 0. The standard InChI is InChI=1S/C21H24F4N4O3S/c1-12(2)17-11-28(14-5-6-16(22)18(9-14)33(4,31)32)7-8-29(17)20-26-10-15(13(3)30)19(27-20)21(23,24)25/h5-6,9-10,12,17H,7-8,11H2,1-4H3/t17-/m0/s1. The molecule has 7 nitrogen and oxygen atoms in total. The van der Waals surface area contributed by atoms with Gasteiger partial charge in [0.15, 0.2) is 21.3 Å². The van der Waals surface area contributed by atoms with Gasteiger partial charge in [0, 0.05) is 37.8 Å². The lowest BCUT2D eigenvalue weighted by atomic mass is 9.99. The van der Waals surface area contributed by atoms with Crippen LogP contribution in [0.2, 0.25) is 0 Å². The number of carbonyl (C=O) groups is 1. The maximum absolute atomic E-state index is 14.0. The van der Waals surface area contributed by atoms with Gasteiger partial charge in [-0.05, 0) is 31.0 Å². The summed E-state index contributed by atoms with van der Waals surface area (Å²) in [6.07, 6.45) is -3.00. The van der Waals surface area contributed by atoms with Crippen molar-refractivity contribution in [3.63, 3.8) is 0 Å². The lowest BCUT2D eigenvalue weighted by Gasteiger charge is -2.44. The first-order chi connectivity index (χ1) is 15.2. The first-order valence-electron chi connectivity index (χ1n) is 10.2. The Balaban J connectivity index is 1.96. The average molecular weight is 489 g/mol. The number of halogens is 4. The highest BCUT2D eigenvalue weighted by Gasteiger charge is 2.39. The lowest BCUT2D eigenvalue weighted by Crippen LogP contribution is -2.56. The van der Waals surface area contributed by atoms with Gasteiger partial charge in [0.1, 0.15) is 10.7 Å². The molecule has 0 amide bonds. The summed E-state index contributed by atoms with van der Waals surface area (Å²) < 4.78 is 78.3. The number of piperazine rings is 1. The van der Waals surface area contributed by atoms with E-state index in [-0.39, 0.29) is 24.5 Å². The second-order valence-corrected chi connectivity index (χ2v) is 10.3. The van der Waals surface area contributed by atoms with E-state index in [9.17, 15) is 30.8 Å². The third-order valence-electron chi connectivity index (χ3n) is 5.55. The van der Waals surface area contributed by atoms with Gasteiger partial charge in [-0.3, -0.25) is 4.79 Å². The molecule has 12 heteroatoms. The Kier molecular flexibility index (Phi) is 6.69. The topological polar surface area (TPSA) is 83.5 Å². The summed E-state index contributed by atoms with van der Waals surface area (Å²) in [4.78, 5) is 22.4. The number of rotatable bonds is 5. The van der Waals surface area contributed by atoms with E-state index in [0.29, 0.717) is 18.8 Å². The summed E-state index contributed by atoms with van der Waals surface area (Å²) in [6, 6.07) is 3.49. The van der Waals surface area contributed by atoms with Crippen LogP contribution < -0.4 is 9.80 Å². The molecule has 0 unspecified atom stereocenters. The molecule has 1 aromatic heterocycles. The predicted octanol–water partition coefficient (Wildman–Crippen LogP) is 3.59. The second-order valence-electron chi connectivity index (χ2n) is 8.32. The fourth-order valence-corrected chi connectivity index (χ4v) is 4.58. The molecule has 0 aliphatic carbocycles. The number of hydrogen-bond acceptors (Lipinski definition) is 7. The molecule has 1 atom stereocenters. The van der Waals surface area contributed by atoms with Crippen molar-refractivity contribution in [3.05, 3.63) is 41.5 Å². The number of nitrogens with zero attached hydrogens (tertiary/aromatic N) is 4. The molecule has 3 rings (SSSR count). The molecule has 0 radical (unpaired) electrons. The van der Waals surface area contributed by atoms with Gasteiger partial charge in [-0.2, -0.15) is 13.2 Å². The Hall–Kier alpha value is -2.76. The van der Waals surface area contributed by atoms with Gasteiger partial charge < -0.3 is 9.80 Å². The number of alkyl halides is 3. The maximum atomic E-state index is 14.0. The first kappa shape index (κ1) is 24.9. The first-order valence-corrected chi connectivity index (χ1v) is 12.1. The predicted molar refractivity (Wildman–Crippen MR) is 115 cm³/mol. The van der Waals surface area contributed by atoms with Crippen molar-refractivity contribution in [3.8, 4) is 0 Å². The van der Waals surface area contributed by atoms with E-state index in [0.717, 1.165) is 25.4 Å². The number of anilines is 2. The zero-order valence-electron chi connectivity index (χ0n) is 18.5. The van der Waals surface area contributed by atoms with Gasteiger partial charge in [0.05, 0.1) is 11.6 Å². The minimum absolute atomic E-state index is 0.0342. The molecule has 1 aromatic carbocycles. The van der Waals surface area contributed by atoms with Crippen molar-refractivity contribution in [2.24, 2.45) is 5.92 Å². The van der Waals surface area contributed by atoms with Crippen molar-refractivity contribution in [1.29, 1.82) is 0 Å². The van der Waals surface area contributed by atoms with E-state index >= 15 is 0 Å². The molecule has 0 N–H and O–H groups in total. The van der Waals surface area contributed by atoms with Crippen LogP contribution in [0.3, 0.4) is 0 Å². The zero-order chi connectivity index (χ0) is 24.7. The van der Waals surface area contributed by atoms with Gasteiger partial charge in [0.25, 0.3) is 0 Å². The van der Waals surface area contributed by atoms with Crippen LogP contribution in [0, 0.1) is 11.7 Å². The molecule has 0 bridgehead atoms. The third kappa shape index (κ3) is 5.26. The SMILES string of the molecule is CC(=O)c1cnc(N2CCN(c3ccc(F)c(S(C)(=O)=O)c3)C[C@H]2C(C)C)nc1C(F)(F)F. The van der Waals surface area contributed by atoms with E-state index in [1.165, 1.54) is 12.1 Å². The van der Waals surface area contributed by atoms with Gasteiger partial charge in [0.2, 0.25) is 5.95 Å². The molecule has 2 heterocycles. The molecule has 1 fully saturated rings. The largest absolute Gasteiger partial charge is 0.434 e. The monoisotopic (exact) mass is 488 g/mol. The minimum Gasteiger partial charge on any atom is -0.368 e. The molecular weight excluding hydrogens is 464 g/mol. The Morgan fingerprint density at radius 2 is 1.88 bits per heavy atom. The van der Waals surface area contributed by atoms with Crippen LogP contribution in [0.25, 0.3) is 0 Å². The van der Waals surface area contributed by atoms with Crippen LogP contribution in [0.15, 0.2) is 29.3 Å². The number of Topliss-reactive ketones (excluding diaryl/α,β-unsaturated/α-hetero) is 1. The normalized spacial score (nSPS) is 17.5.